The van der Waals surface area contributed by atoms with E-state index in [0.29, 0.717) is 12.8 Å². The topological polar surface area (TPSA) is 117 Å². The normalized spacial score (nSPS) is 20.6. The number of carbonyl (C=O) groups excluding carboxylic acids is 2. The highest BCUT2D eigenvalue weighted by Crippen LogP contribution is 2.37. The van der Waals surface area contributed by atoms with Gasteiger partial charge in [0.1, 0.15) is 22.3 Å². The highest BCUT2D eigenvalue weighted by molar-refractivity contribution is 7.92. The van der Waals surface area contributed by atoms with E-state index in [0.717, 1.165) is 21.9 Å². The van der Waals surface area contributed by atoms with E-state index < -0.39 is 68.7 Å². The summed E-state index contributed by atoms with van der Waals surface area (Å²) in [7, 11) is -4.42. The molecular formula is C22H25ClF3N3O6S. The monoisotopic (exact) mass is 551 g/mol. The highest BCUT2D eigenvalue weighted by Gasteiger charge is 2.50. The summed E-state index contributed by atoms with van der Waals surface area (Å²) in [6, 6.07) is 1.52. The smallest absolute Gasteiger partial charge is 0.422 e. The van der Waals surface area contributed by atoms with Crippen LogP contribution in [0.2, 0.25) is 5.02 Å². The molecule has 36 heavy (non-hydrogen) atoms. The third-order valence-corrected chi connectivity index (χ3v) is 7.88. The van der Waals surface area contributed by atoms with Crippen molar-refractivity contribution in [2.45, 2.75) is 74.0 Å². The lowest BCUT2D eigenvalue weighted by Gasteiger charge is -2.29. The van der Waals surface area contributed by atoms with Gasteiger partial charge < -0.3 is 9.47 Å². The molecule has 2 fully saturated rings. The molecule has 1 saturated heterocycles. The van der Waals surface area contributed by atoms with Gasteiger partial charge in [-0.15, -0.1) is 0 Å². The van der Waals surface area contributed by atoms with Crippen LogP contribution >= 0.6 is 11.6 Å². The quantitative estimate of drug-likeness (QED) is 0.389. The van der Waals surface area contributed by atoms with Crippen molar-refractivity contribution >= 4 is 33.4 Å². The summed E-state index contributed by atoms with van der Waals surface area (Å²) in [4.78, 5) is 27.4. The van der Waals surface area contributed by atoms with Crippen LogP contribution in [-0.4, -0.2) is 72.5 Å². The fourth-order valence-electron chi connectivity index (χ4n) is 3.75. The van der Waals surface area contributed by atoms with Crippen molar-refractivity contribution in [3.63, 3.8) is 0 Å². The SMILES string of the molecule is CC(C)(C)OC(=O)N1C[C@H](S(=O)(=O)c2ccc(Cl)cc2OCC(F)(F)F)C[C@H]1C(=O)N(C#N)C1CC1. The van der Waals surface area contributed by atoms with E-state index in [9.17, 15) is 36.4 Å². The number of benzene rings is 1. The van der Waals surface area contributed by atoms with Crippen LogP contribution in [0.4, 0.5) is 18.0 Å². The Labute approximate surface area is 211 Å². The minimum atomic E-state index is -4.73. The Balaban J connectivity index is 1.96. The number of halogens is 4. The summed E-state index contributed by atoms with van der Waals surface area (Å²) < 4.78 is 75.3. The molecule has 0 bridgehead atoms. The van der Waals surface area contributed by atoms with E-state index in [-0.39, 0.29) is 17.5 Å². The fourth-order valence-corrected chi connectivity index (χ4v) is 5.72. The van der Waals surface area contributed by atoms with Gasteiger partial charge in [0.05, 0.1) is 5.25 Å². The van der Waals surface area contributed by atoms with Gasteiger partial charge in [-0.2, -0.15) is 18.4 Å². The van der Waals surface area contributed by atoms with Crippen LogP contribution in [0.1, 0.15) is 40.0 Å². The van der Waals surface area contributed by atoms with E-state index in [1.807, 2.05) is 0 Å². The number of nitrogens with zero attached hydrogens (tertiary/aromatic N) is 3. The zero-order valence-corrected chi connectivity index (χ0v) is 21.3. The maximum absolute atomic E-state index is 13.5. The number of carbonyl (C=O) groups is 2. The first kappa shape index (κ1) is 27.9. The molecule has 9 nitrogen and oxygen atoms in total. The second-order valence-electron chi connectivity index (χ2n) is 9.59. The van der Waals surface area contributed by atoms with Gasteiger partial charge in [0.25, 0.3) is 5.91 Å². The Hall–Kier alpha value is -2.72. The van der Waals surface area contributed by atoms with E-state index in [1.165, 1.54) is 6.07 Å². The second-order valence-corrected chi connectivity index (χ2v) is 12.2. The molecule has 1 aliphatic heterocycles. The summed E-state index contributed by atoms with van der Waals surface area (Å²) in [6.07, 6.45) is -3.06. The number of sulfone groups is 1. The van der Waals surface area contributed by atoms with Gasteiger partial charge in [0, 0.05) is 23.7 Å². The van der Waals surface area contributed by atoms with E-state index in [2.05, 4.69) is 0 Å². The summed E-state index contributed by atoms with van der Waals surface area (Å²) >= 11 is 5.85. The predicted octanol–water partition coefficient (Wildman–Crippen LogP) is 3.90. The molecule has 0 spiro atoms. The molecule has 2 amide bonds. The Morgan fingerprint density at radius 3 is 2.42 bits per heavy atom. The first-order chi connectivity index (χ1) is 16.5. The molecule has 0 radical (unpaired) electrons. The third kappa shape index (κ3) is 6.53. The molecule has 1 aromatic rings. The number of nitriles is 1. The Morgan fingerprint density at radius 2 is 1.89 bits per heavy atom. The van der Waals surface area contributed by atoms with Gasteiger partial charge >= 0.3 is 12.3 Å². The number of amides is 2. The standard InChI is InChI=1S/C22H25ClF3N3O6S/c1-21(2,3)35-20(31)28-10-15(9-16(28)19(30)29(12-27)14-5-6-14)36(32,33)18-7-4-13(23)8-17(18)34-11-22(24,25)26/h4,7-8,14-16H,5-6,9-11H2,1-3H3/t15-,16+/m1/s1. The first-order valence-electron chi connectivity index (χ1n) is 11.0. The molecule has 2 aliphatic rings. The number of rotatable bonds is 6. The molecule has 1 aromatic carbocycles. The predicted molar refractivity (Wildman–Crippen MR) is 121 cm³/mol. The molecule has 2 atom stereocenters. The van der Waals surface area contributed by atoms with E-state index in [1.54, 1.807) is 27.0 Å². The van der Waals surface area contributed by atoms with Crippen molar-refractivity contribution in [2.24, 2.45) is 0 Å². The number of alkyl halides is 3. The minimum absolute atomic E-state index is 0.0462. The van der Waals surface area contributed by atoms with Crippen molar-refractivity contribution < 1.29 is 40.7 Å². The Kier molecular flexibility index (Phi) is 7.72. The lowest BCUT2D eigenvalue weighted by Crippen LogP contribution is -2.48. The molecule has 0 unspecified atom stereocenters. The van der Waals surface area contributed by atoms with Crippen molar-refractivity contribution in [3.05, 3.63) is 23.2 Å². The van der Waals surface area contributed by atoms with Crippen LogP contribution in [0, 0.1) is 11.5 Å². The first-order valence-corrected chi connectivity index (χ1v) is 12.9. The molecule has 0 N–H and O–H groups in total. The lowest BCUT2D eigenvalue weighted by atomic mass is 10.2. The van der Waals surface area contributed by atoms with Crippen molar-refractivity contribution in [1.82, 2.24) is 9.80 Å². The molecule has 3 rings (SSSR count). The second kappa shape index (κ2) is 9.97. The third-order valence-electron chi connectivity index (χ3n) is 5.48. The van der Waals surface area contributed by atoms with Gasteiger partial charge in [-0.3, -0.25) is 9.69 Å². The number of hydrogen-bond acceptors (Lipinski definition) is 7. The maximum Gasteiger partial charge on any atom is 0.422 e. The largest absolute Gasteiger partial charge is 0.483 e. The molecule has 1 aliphatic carbocycles. The van der Waals surface area contributed by atoms with Crippen LogP contribution in [0.25, 0.3) is 0 Å². The lowest BCUT2D eigenvalue weighted by molar-refractivity contribution is -0.153. The average Bonchev–Trinajstić information content (AvgIpc) is 3.46. The summed E-state index contributed by atoms with van der Waals surface area (Å²) in [5, 5.41) is 8.02. The summed E-state index contributed by atoms with van der Waals surface area (Å²) in [5.74, 6) is -1.34. The van der Waals surface area contributed by atoms with Crippen LogP contribution in [0.15, 0.2) is 23.1 Å². The number of likely N-dealkylation sites (tertiary alicyclic amines) is 1. The van der Waals surface area contributed by atoms with Crippen molar-refractivity contribution in [1.29, 1.82) is 5.26 Å². The highest BCUT2D eigenvalue weighted by atomic mass is 35.5. The van der Waals surface area contributed by atoms with E-state index >= 15 is 0 Å². The van der Waals surface area contributed by atoms with Crippen LogP contribution in [0.3, 0.4) is 0 Å². The molecular weight excluding hydrogens is 527 g/mol. The van der Waals surface area contributed by atoms with Crippen LogP contribution in [0.5, 0.6) is 5.75 Å². The fraction of sp³-hybridized carbons (Fsp3) is 0.591. The summed E-state index contributed by atoms with van der Waals surface area (Å²) in [6.45, 7) is 2.56. The van der Waals surface area contributed by atoms with Crippen LogP contribution < -0.4 is 4.74 Å². The number of hydrogen-bond donors (Lipinski definition) is 0. The van der Waals surface area contributed by atoms with E-state index in [4.69, 9.17) is 21.1 Å². The average molecular weight is 552 g/mol. The van der Waals surface area contributed by atoms with Gasteiger partial charge in [-0.1, -0.05) is 11.6 Å². The zero-order valence-electron chi connectivity index (χ0n) is 19.7. The van der Waals surface area contributed by atoms with Gasteiger partial charge in [-0.05, 0) is 52.2 Å². The van der Waals surface area contributed by atoms with Crippen molar-refractivity contribution in [3.8, 4) is 11.9 Å². The summed E-state index contributed by atoms with van der Waals surface area (Å²) in [5.41, 5.74) is -0.957. The molecule has 1 saturated carbocycles. The molecule has 14 heteroatoms. The van der Waals surface area contributed by atoms with Crippen molar-refractivity contribution in [2.75, 3.05) is 13.2 Å². The Bertz CT molecular complexity index is 1170. The molecule has 1 heterocycles. The van der Waals surface area contributed by atoms with Gasteiger partial charge in [0.15, 0.2) is 22.6 Å². The Morgan fingerprint density at radius 1 is 1.25 bits per heavy atom. The zero-order chi connectivity index (χ0) is 27.1. The van der Waals surface area contributed by atoms with Gasteiger partial charge in [-0.25, -0.2) is 18.1 Å². The van der Waals surface area contributed by atoms with Crippen LogP contribution in [-0.2, 0) is 19.4 Å². The minimum Gasteiger partial charge on any atom is -0.483 e. The molecule has 0 aromatic heterocycles. The molecule has 198 valence electrons. The van der Waals surface area contributed by atoms with Gasteiger partial charge in [0.2, 0.25) is 0 Å². The maximum atomic E-state index is 13.5. The number of ether oxygens (including phenoxy) is 2.